The van der Waals surface area contributed by atoms with E-state index in [1.807, 2.05) is 24.3 Å². The lowest BCUT2D eigenvalue weighted by molar-refractivity contribution is 0.438. The fourth-order valence-electron chi connectivity index (χ4n) is 3.60. The fourth-order valence-corrected chi connectivity index (χ4v) is 4.12. The number of hydrogen-bond acceptors (Lipinski definition) is 2. The molecule has 2 nitrogen and oxygen atoms in total. The van der Waals surface area contributed by atoms with E-state index in [0.29, 0.717) is 21.0 Å². The van der Waals surface area contributed by atoms with Crippen LogP contribution in [0.2, 0.25) is 10.0 Å². The topological polar surface area (TPSA) is 33.4 Å². The molecule has 0 aliphatic rings. The third-order valence-electron chi connectivity index (χ3n) is 5.26. The fraction of sp³-hybridized carbons (Fsp3) is 0.391. The van der Waals surface area contributed by atoms with E-state index in [9.17, 15) is 5.11 Å². The van der Waals surface area contributed by atoms with Crippen LogP contribution in [0, 0.1) is 0 Å². The van der Waals surface area contributed by atoms with E-state index in [0.717, 1.165) is 23.1 Å². The summed E-state index contributed by atoms with van der Waals surface area (Å²) >= 11 is 12.3. The summed E-state index contributed by atoms with van der Waals surface area (Å²) in [6.45, 7) is 6.67. The molecule has 3 aromatic rings. The summed E-state index contributed by atoms with van der Waals surface area (Å²) in [5, 5.41) is 12.6. The Labute approximate surface area is 171 Å². The molecule has 3 rings (SSSR count). The highest BCUT2D eigenvalue weighted by Crippen LogP contribution is 2.42. The Morgan fingerprint density at radius 3 is 2.33 bits per heavy atom. The number of furan rings is 1. The Morgan fingerprint density at radius 2 is 1.67 bits per heavy atom. The molecule has 0 radical (unpaired) electrons. The Hall–Kier alpha value is -1.64. The summed E-state index contributed by atoms with van der Waals surface area (Å²) < 4.78 is 5.80. The summed E-state index contributed by atoms with van der Waals surface area (Å²) in [5.74, 6) is 0.226. The van der Waals surface area contributed by atoms with Gasteiger partial charge in [-0.15, -0.1) is 0 Å². The first-order chi connectivity index (χ1) is 12.8. The van der Waals surface area contributed by atoms with Crippen molar-refractivity contribution in [3.63, 3.8) is 0 Å². The van der Waals surface area contributed by atoms with Crippen molar-refractivity contribution in [3.8, 4) is 16.9 Å². The lowest BCUT2D eigenvalue weighted by atomic mass is 9.79. The maximum atomic E-state index is 10.8. The number of rotatable bonds is 7. The van der Waals surface area contributed by atoms with Crippen LogP contribution in [0.15, 0.2) is 41.0 Å². The highest BCUT2D eigenvalue weighted by Gasteiger charge is 2.24. The Bertz CT molecular complexity index is 921. The van der Waals surface area contributed by atoms with Crippen molar-refractivity contribution in [2.45, 2.75) is 58.3 Å². The van der Waals surface area contributed by atoms with Gasteiger partial charge < -0.3 is 9.52 Å². The minimum absolute atomic E-state index is 0.0221. The van der Waals surface area contributed by atoms with Gasteiger partial charge in [-0.05, 0) is 53.3 Å². The molecule has 144 valence electrons. The first kappa shape index (κ1) is 20.1. The van der Waals surface area contributed by atoms with Gasteiger partial charge in [-0.1, -0.05) is 69.7 Å². The molecule has 1 N–H and O–H groups in total. The normalized spacial score (nSPS) is 12.0. The molecule has 2 aromatic carbocycles. The molecular formula is C23H26Cl2O2. The third-order valence-corrected chi connectivity index (χ3v) is 5.70. The van der Waals surface area contributed by atoms with Gasteiger partial charge in [0, 0.05) is 15.6 Å². The second-order valence-corrected chi connectivity index (χ2v) is 8.74. The zero-order valence-corrected chi connectivity index (χ0v) is 17.6. The van der Waals surface area contributed by atoms with Crippen LogP contribution in [-0.2, 0) is 5.41 Å². The van der Waals surface area contributed by atoms with Gasteiger partial charge in [0.1, 0.15) is 11.3 Å². The van der Waals surface area contributed by atoms with Gasteiger partial charge in [0.25, 0.3) is 0 Å². The predicted molar refractivity (Wildman–Crippen MR) is 115 cm³/mol. The summed E-state index contributed by atoms with van der Waals surface area (Å²) in [6.07, 6.45) is 7.67. The third kappa shape index (κ3) is 4.44. The second kappa shape index (κ2) is 8.16. The minimum atomic E-state index is -0.0221. The zero-order valence-electron chi connectivity index (χ0n) is 16.1. The maximum absolute atomic E-state index is 10.8. The first-order valence-corrected chi connectivity index (χ1v) is 10.3. The molecule has 0 bridgehead atoms. The van der Waals surface area contributed by atoms with Gasteiger partial charge in [0.05, 0.1) is 11.6 Å². The van der Waals surface area contributed by atoms with Gasteiger partial charge in [0.15, 0.2) is 0 Å². The van der Waals surface area contributed by atoms with Crippen molar-refractivity contribution >= 4 is 34.2 Å². The van der Waals surface area contributed by atoms with Gasteiger partial charge in [-0.3, -0.25) is 0 Å². The number of phenolic OH excluding ortho intramolecular Hbond substituents is 1. The molecule has 1 heterocycles. The van der Waals surface area contributed by atoms with Crippen LogP contribution >= 0.6 is 23.2 Å². The van der Waals surface area contributed by atoms with Crippen LogP contribution in [-0.4, -0.2) is 5.11 Å². The van der Waals surface area contributed by atoms with Gasteiger partial charge in [0.2, 0.25) is 0 Å². The van der Waals surface area contributed by atoms with Gasteiger partial charge in [-0.2, -0.15) is 0 Å². The molecule has 0 atom stereocenters. The molecule has 0 spiro atoms. The second-order valence-electron chi connectivity index (χ2n) is 7.87. The maximum Gasteiger partial charge on any atom is 0.138 e. The first-order valence-electron chi connectivity index (χ1n) is 9.53. The number of unbranched alkanes of at least 4 members (excludes halogenated alkanes) is 3. The van der Waals surface area contributed by atoms with E-state index < -0.39 is 0 Å². The van der Waals surface area contributed by atoms with E-state index in [2.05, 4.69) is 20.8 Å². The van der Waals surface area contributed by atoms with Crippen LogP contribution in [0.3, 0.4) is 0 Å². The number of aromatic hydroxyl groups is 1. The van der Waals surface area contributed by atoms with Crippen molar-refractivity contribution in [3.05, 3.63) is 52.2 Å². The van der Waals surface area contributed by atoms with Crippen molar-refractivity contribution < 1.29 is 9.52 Å². The smallest absolute Gasteiger partial charge is 0.138 e. The molecule has 0 unspecified atom stereocenters. The number of halogens is 2. The Balaban J connectivity index is 1.97. The zero-order chi connectivity index (χ0) is 19.6. The van der Waals surface area contributed by atoms with Crippen molar-refractivity contribution in [1.29, 1.82) is 0 Å². The summed E-state index contributed by atoms with van der Waals surface area (Å²) in [7, 11) is 0. The van der Waals surface area contributed by atoms with E-state index in [-0.39, 0.29) is 11.2 Å². The Kier molecular flexibility index (Phi) is 6.08. The molecule has 0 fully saturated rings. The number of fused-ring (bicyclic) bond motifs is 1. The van der Waals surface area contributed by atoms with Crippen LogP contribution < -0.4 is 0 Å². The standard InChI is InChI=1S/C23H26Cl2O2/c1-4-5-6-7-8-23(2,3)16-11-20(26)22-19(14-27-21(22)12-16)15-9-17(24)13-18(25)10-15/h9-14,26H,4-8H2,1-3H3. The molecule has 0 aliphatic carbocycles. The molecule has 1 aromatic heterocycles. The number of benzene rings is 2. The van der Waals surface area contributed by atoms with E-state index in [1.165, 1.54) is 25.7 Å². The highest BCUT2D eigenvalue weighted by molar-refractivity contribution is 6.35. The lowest BCUT2D eigenvalue weighted by Crippen LogP contribution is -2.16. The predicted octanol–water partition coefficient (Wildman–Crippen LogP) is 8.36. The molecule has 4 heteroatoms. The molecule has 0 saturated carbocycles. The van der Waals surface area contributed by atoms with Crippen LogP contribution in [0.4, 0.5) is 0 Å². The Morgan fingerprint density at radius 1 is 0.963 bits per heavy atom. The number of hydrogen-bond donors (Lipinski definition) is 1. The molecule has 27 heavy (non-hydrogen) atoms. The van der Waals surface area contributed by atoms with E-state index >= 15 is 0 Å². The molecule has 0 saturated heterocycles. The highest BCUT2D eigenvalue weighted by atomic mass is 35.5. The largest absolute Gasteiger partial charge is 0.507 e. The van der Waals surface area contributed by atoms with Crippen LogP contribution in [0.25, 0.3) is 22.1 Å². The lowest BCUT2D eigenvalue weighted by Gasteiger charge is -2.25. The summed E-state index contributed by atoms with van der Waals surface area (Å²) in [6, 6.07) is 9.25. The van der Waals surface area contributed by atoms with Gasteiger partial charge >= 0.3 is 0 Å². The van der Waals surface area contributed by atoms with Crippen LogP contribution in [0.5, 0.6) is 5.75 Å². The monoisotopic (exact) mass is 404 g/mol. The minimum Gasteiger partial charge on any atom is -0.507 e. The van der Waals surface area contributed by atoms with Crippen molar-refractivity contribution in [1.82, 2.24) is 0 Å². The molecular weight excluding hydrogens is 379 g/mol. The van der Waals surface area contributed by atoms with Crippen LogP contribution in [0.1, 0.15) is 58.4 Å². The van der Waals surface area contributed by atoms with E-state index in [1.54, 1.807) is 12.3 Å². The quantitative estimate of drug-likeness (QED) is 0.401. The van der Waals surface area contributed by atoms with Crippen molar-refractivity contribution in [2.75, 3.05) is 0 Å². The van der Waals surface area contributed by atoms with Gasteiger partial charge in [-0.25, -0.2) is 0 Å². The number of phenols is 1. The summed E-state index contributed by atoms with van der Waals surface area (Å²) in [4.78, 5) is 0. The van der Waals surface area contributed by atoms with E-state index in [4.69, 9.17) is 27.6 Å². The SMILES string of the molecule is CCCCCCC(C)(C)c1cc(O)c2c(-c3cc(Cl)cc(Cl)c3)coc2c1. The van der Waals surface area contributed by atoms with Crippen molar-refractivity contribution in [2.24, 2.45) is 0 Å². The molecule has 0 amide bonds. The summed E-state index contributed by atoms with van der Waals surface area (Å²) in [5.41, 5.74) is 3.37. The molecule has 0 aliphatic heterocycles. The average molecular weight is 405 g/mol. The average Bonchev–Trinajstić information content (AvgIpc) is 3.02.